The largest absolute Gasteiger partial charge is 0.494 e. The summed E-state index contributed by atoms with van der Waals surface area (Å²) in [6.07, 6.45) is 2.47. The molecule has 0 amide bonds. The van der Waals surface area contributed by atoms with Gasteiger partial charge < -0.3 is 10.1 Å². The lowest BCUT2D eigenvalue weighted by atomic mass is 10.1. The Morgan fingerprint density at radius 1 is 1.47 bits per heavy atom. The second-order valence-electron chi connectivity index (χ2n) is 5.05. The molecule has 0 aromatic heterocycles. The summed E-state index contributed by atoms with van der Waals surface area (Å²) in [5, 5.41) is 3.48. The van der Waals surface area contributed by atoms with Crippen molar-refractivity contribution in [1.29, 1.82) is 0 Å². The van der Waals surface area contributed by atoms with Gasteiger partial charge in [0.25, 0.3) is 0 Å². The molecule has 1 heterocycles. The van der Waals surface area contributed by atoms with Crippen LogP contribution < -0.4 is 10.1 Å². The lowest BCUT2D eigenvalue weighted by Gasteiger charge is -2.24. The molecule has 1 aliphatic rings. The molecule has 0 spiro atoms. The van der Waals surface area contributed by atoms with E-state index in [1.54, 1.807) is 6.07 Å². The molecule has 106 valence electrons. The third-order valence-corrected chi connectivity index (χ3v) is 3.75. The number of likely N-dealkylation sites (N-methyl/N-ethyl adjacent to an activating group) is 1. The highest BCUT2D eigenvalue weighted by Crippen LogP contribution is 2.21. The van der Waals surface area contributed by atoms with Crippen LogP contribution in [0.15, 0.2) is 18.2 Å². The Balaban J connectivity index is 2.01. The van der Waals surface area contributed by atoms with Gasteiger partial charge in [0.15, 0.2) is 11.6 Å². The molecule has 1 aromatic rings. The minimum atomic E-state index is -0.233. The Kier molecular flexibility index (Phi) is 5.16. The van der Waals surface area contributed by atoms with Crippen molar-refractivity contribution in [1.82, 2.24) is 10.2 Å². The third-order valence-electron chi connectivity index (χ3n) is 3.75. The Hall–Kier alpha value is -1.13. The number of rotatable bonds is 6. The van der Waals surface area contributed by atoms with Crippen LogP contribution in [0.4, 0.5) is 4.39 Å². The first-order valence-corrected chi connectivity index (χ1v) is 7.01. The van der Waals surface area contributed by atoms with E-state index in [9.17, 15) is 4.39 Å². The molecule has 0 saturated carbocycles. The molecular weight excluding hydrogens is 243 g/mol. The SMILES string of the molecule is CCN(Cc1cccc(OC)c1F)CC1CCCN1. The molecule has 1 atom stereocenters. The van der Waals surface area contributed by atoms with Crippen molar-refractivity contribution in [3.05, 3.63) is 29.6 Å². The Morgan fingerprint density at radius 3 is 2.95 bits per heavy atom. The summed E-state index contributed by atoms with van der Waals surface area (Å²) in [4.78, 5) is 2.28. The van der Waals surface area contributed by atoms with Gasteiger partial charge in [0.1, 0.15) is 0 Å². The standard InChI is InChI=1S/C15H23FN2O/c1-3-18(11-13-7-5-9-17-13)10-12-6-4-8-14(19-2)15(12)16/h4,6,8,13,17H,3,5,7,9-11H2,1-2H3. The highest BCUT2D eigenvalue weighted by atomic mass is 19.1. The lowest BCUT2D eigenvalue weighted by Crippen LogP contribution is -2.37. The van der Waals surface area contributed by atoms with Gasteiger partial charge in [-0.05, 0) is 32.0 Å². The van der Waals surface area contributed by atoms with E-state index in [1.165, 1.54) is 20.0 Å². The minimum Gasteiger partial charge on any atom is -0.494 e. The van der Waals surface area contributed by atoms with Crippen molar-refractivity contribution >= 4 is 0 Å². The molecule has 1 aromatic carbocycles. The molecule has 1 fully saturated rings. The predicted octanol–water partition coefficient (Wildman–Crippen LogP) is 2.41. The van der Waals surface area contributed by atoms with Crippen LogP contribution >= 0.6 is 0 Å². The molecule has 19 heavy (non-hydrogen) atoms. The summed E-state index contributed by atoms with van der Waals surface area (Å²) in [6, 6.07) is 5.89. The van der Waals surface area contributed by atoms with Crippen molar-refractivity contribution in [3.63, 3.8) is 0 Å². The first-order chi connectivity index (χ1) is 9.24. The third kappa shape index (κ3) is 3.67. The van der Waals surface area contributed by atoms with Gasteiger partial charge in [0.05, 0.1) is 7.11 Å². The van der Waals surface area contributed by atoms with Gasteiger partial charge in [-0.25, -0.2) is 4.39 Å². The number of methoxy groups -OCH3 is 1. The summed E-state index contributed by atoms with van der Waals surface area (Å²) >= 11 is 0. The second kappa shape index (κ2) is 6.87. The van der Waals surface area contributed by atoms with E-state index >= 15 is 0 Å². The van der Waals surface area contributed by atoms with E-state index in [2.05, 4.69) is 17.1 Å². The maximum Gasteiger partial charge on any atom is 0.169 e. The summed E-state index contributed by atoms with van der Waals surface area (Å²) < 4.78 is 19.1. The fourth-order valence-corrected chi connectivity index (χ4v) is 2.61. The van der Waals surface area contributed by atoms with Crippen LogP contribution in [0.5, 0.6) is 5.75 Å². The topological polar surface area (TPSA) is 24.5 Å². The van der Waals surface area contributed by atoms with E-state index in [4.69, 9.17) is 4.74 Å². The highest BCUT2D eigenvalue weighted by Gasteiger charge is 2.18. The maximum absolute atomic E-state index is 14.1. The number of ether oxygens (including phenoxy) is 1. The van der Waals surface area contributed by atoms with Crippen LogP contribution in [0.1, 0.15) is 25.3 Å². The number of benzene rings is 1. The van der Waals surface area contributed by atoms with Crippen LogP contribution in [-0.4, -0.2) is 37.7 Å². The fourth-order valence-electron chi connectivity index (χ4n) is 2.61. The van der Waals surface area contributed by atoms with Gasteiger partial charge in [-0.15, -0.1) is 0 Å². The normalized spacial score (nSPS) is 19.1. The fraction of sp³-hybridized carbons (Fsp3) is 0.600. The molecule has 1 unspecified atom stereocenters. The maximum atomic E-state index is 14.1. The van der Waals surface area contributed by atoms with Gasteiger partial charge in [-0.2, -0.15) is 0 Å². The molecule has 0 radical (unpaired) electrons. The van der Waals surface area contributed by atoms with Crippen molar-refractivity contribution in [2.75, 3.05) is 26.7 Å². The molecular formula is C15H23FN2O. The molecule has 0 bridgehead atoms. The zero-order valence-electron chi connectivity index (χ0n) is 11.8. The average molecular weight is 266 g/mol. The van der Waals surface area contributed by atoms with Crippen molar-refractivity contribution < 1.29 is 9.13 Å². The van der Waals surface area contributed by atoms with Crippen molar-refractivity contribution in [3.8, 4) is 5.75 Å². The second-order valence-corrected chi connectivity index (χ2v) is 5.05. The van der Waals surface area contributed by atoms with Gasteiger partial charge in [-0.3, -0.25) is 4.90 Å². The molecule has 3 nitrogen and oxygen atoms in total. The Bertz CT molecular complexity index is 405. The van der Waals surface area contributed by atoms with E-state index in [0.29, 0.717) is 23.9 Å². The Morgan fingerprint density at radius 2 is 2.32 bits per heavy atom. The predicted molar refractivity (Wildman–Crippen MR) is 74.9 cm³/mol. The highest BCUT2D eigenvalue weighted by molar-refractivity contribution is 5.30. The van der Waals surface area contributed by atoms with Gasteiger partial charge in [0, 0.05) is 24.7 Å². The van der Waals surface area contributed by atoms with Gasteiger partial charge in [0.2, 0.25) is 0 Å². The molecule has 4 heteroatoms. The lowest BCUT2D eigenvalue weighted by molar-refractivity contribution is 0.249. The van der Waals surface area contributed by atoms with Gasteiger partial charge >= 0.3 is 0 Å². The van der Waals surface area contributed by atoms with Crippen LogP contribution in [0.25, 0.3) is 0 Å². The van der Waals surface area contributed by atoms with Crippen molar-refractivity contribution in [2.45, 2.75) is 32.4 Å². The van der Waals surface area contributed by atoms with Crippen LogP contribution in [-0.2, 0) is 6.54 Å². The molecule has 1 N–H and O–H groups in total. The first kappa shape index (κ1) is 14.3. The molecule has 1 saturated heterocycles. The molecule has 1 aliphatic heterocycles. The monoisotopic (exact) mass is 266 g/mol. The van der Waals surface area contributed by atoms with Crippen LogP contribution in [0.3, 0.4) is 0 Å². The quantitative estimate of drug-likeness (QED) is 0.855. The summed E-state index contributed by atoms with van der Waals surface area (Å²) in [6.45, 7) is 5.77. The number of nitrogens with zero attached hydrogens (tertiary/aromatic N) is 1. The smallest absolute Gasteiger partial charge is 0.169 e. The van der Waals surface area contributed by atoms with E-state index in [1.807, 2.05) is 12.1 Å². The number of nitrogens with one attached hydrogen (secondary N) is 1. The van der Waals surface area contributed by atoms with Crippen molar-refractivity contribution in [2.24, 2.45) is 0 Å². The van der Waals surface area contributed by atoms with Crippen LogP contribution in [0, 0.1) is 5.82 Å². The summed E-state index contributed by atoms with van der Waals surface area (Å²) in [5.41, 5.74) is 0.708. The Labute approximate surface area is 114 Å². The number of hydrogen-bond acceptors (Lipinski definition) is 3. The van der Waals surface area contributed by atoms with E-state index in [0.717, 1.165) is 19.6 Å². The molecule has 0 aliphatic carbocycles. The first-order valence-electron chi connectivity index (χ1n) is 7.01. The number of hydrogen-bond donors (Lipinski definition) is 1. The van der Waals surface area contributed by atoms with E-state index in [-0.39, 0.29) is 5.82 Å². The summed E-state index contributed by atoms with van der Waals surface area (Å²) in [7, 11) is 1.50. The minimum absolute atomic E-state index is 0.233. The van der Waals surface area contributed by atoms with Gasteiger partial charge in [-0.1, -0.05) is 19.1 Å². The average Bonchev–Trinajstić information content (AvgIpc) is 2.93. The number of halogens is 1. The summed E-state index contributed by atoms with van der Waals surface area (Å²) in [5.74, 6) is 0.0929. The zero-order chi connectivity index (χ0) is 13.7. The zero-order valence-corrected chi connectivity index (χ0v) is 11.8. The molecule has 2 rings (SSSR count). The van der Waals surface area contributed by atoms with Crippen LogP contribution in [0.2, 0.25) is 0 Å². The van der Waals surface area contributed by atoms with E-state index < -0.39 is 0 Å².